The molecule has 1 unspecified atom stereocenters. The number of carbonyl (C=O) groups excluding carboxylic acids is 1. The third-order valence-corrected chi connectivity index (χ3v) is 7.23. The van der Waals surface area contributed by atoms with E-state index in [1.54, 1.807) is 19.2 Å². The Morgan fingerprint density at radius 1 is 1.17 bits per heavy atom. The van der Waals surface area contributed by atoms with Gasteiger partial charge < -0.3 is 19.7 Å². The standard InChI is InChI=1S/C25H25N5O5S/c1-15(32)30-7-3-4-23(30)19-10-20-16(8-21(29-20)22-13-26-17(14-31)11-27-22)9-24(19)35-18-5-6-25(28-12-18)36(2,33)34/h5-6,8-13,23,29,31H,3-4,7,14H2,1-2H3. The number of nitrogens with zero attached hydrogens (tertiary/aromatic N) is 4. The Morgan fingerprint density at radius 2 is 2.00 bits per heavy atom. The molecule has 1 aliphatic rings. The highest BCUT2D eigenvalue weighted by Gasteiger charge is 2.31. The Morgan fingerprint density at radius 3 is 2.64 bits per heavy atom. The zero-order chi connectivity index (χ0) is 25.4. The van der Waals surface area contributed by atoms with E-state index in [1.807, 2.05) is 23.1 Å². The van der Waals surface area contributed by atoms with Gasteiger partial charge in [0.15, 0.2) is 14.9 Å². The fraction of sp³-hybridized carbons (Fsp3) is 0.280. The van der Waals surface area contributed by atoms with Crippen LogP contribution in [0.4, 0.5) is 0 Å². The zero-order valence-corrected chi connectivity index (χ0v) is 20.6. The van der Waals surface area contributed by atoms with Crippen molar-refractivity contribution in [2.45, 2.75) is 37.4 Å². The van der Waals surface area contributed by atoms with E-state index in [1.165, 1.54) is 18.5 Å². The van der Waals surface area contributed by atoms with Gasteiger partial charge in [0.25, 0.3) is 0 Å². The van der Waals surface area contributed by atoms with Gasteiger partial charge in [0.2, 0.25) is 5.91 Å². The summed E-state index contributed by atoms with van der Waals surface area (Å²) in [6, 6.07) is 8.62. The SMILES string of the molecule is CC(=O)N1CCCC1c1cc2[nH]c(-c3cnc(CO)cn3)cc2cc1Oc1ccc(S(C)(=O)=O)nc1. The van der Waals surface area contributed by atoms with Gasteiger partial charge in [0, 0.05) is 36.2 Å². The minimum atomic E-state index is -3.43. The number of carbonyl (C=O) groups is 1. The molecular formula is C25H25N5O5S. The number of pyridine rings is 1. The molecule has 186 valence electrons. The molecule has 1 aromatic carbocycles. The first-order chi connectivity index (χ1) is 17.2. The molecule has 0 bridgehead atoms. The average Bonchev–Trinajstić information content (AvgIpc) is 3.50. The Bertz CT molecular complexity index is 1530. The Kier molecular flexibility index (Phi) is 6.19. The van der Waals surface area contributed by atoms with Gasteiger partial charge in [-0.15, -0.1) is 0 Å². The van der Waals surface area contributed by atoms with E-state index in [0.29, 0.717) is 29.4 Å². The van der Waals surface area contributed by atoms with E-state index in [0.717, 1.165) is 41.3 Å². The van der Waals surface area contributed by atoms with Gasteiger partial charge in [-0.1, -0.05) is 0 Å². The molecule has 2 N–H and O–H groups in total. The highest BCUT2D eigenvalue weighted by atomic mass is 32.2. The summed E-state index contributed by atoms with van der Waals surface area (Å²) < 4.78 is 29.7. The van der Waals surface area contributed by atoms with Crippen molar-refractivity contribution in [3.63, 3.8) is 0 Å². The van der Waals surface area contributed by atoms with E-state index in [2.05, 4.69) is 19.9 Å². The number of aliphatic hydroxyl groups excluding tert-OH is 1. The van der Waals surface area contributed by atoms with Crippen molar-refractivity contribution in [1.29, 1.82) is 0 Å². The van der Waals surface area contributed by atoms with Crippen molar-refractivity contribution in [3.05, 3.63) is 60.2 Å². The van der Waals surface area contributed by atoms with E-state index in [4.69, 9.17) is 4.74 Å². The van der Waals surface area contributed by atoms with Crippen LogP contribution in [-0.2, 0) is 21.2 Å². The third kappa shape index (κ3) is 4.67. The molecule has 11 heteroatoms. The van der Waals surface area contributed by atoms with Crippen LogP contribution in [0.3, 0.4) is 0 Å². The van der Waals surface area contributed by atoms with Crippen LogP contribution in [-0.4, -0.2) is 57.1 Å². The lowest BCUT2D eigenvalue weighted by Crippen LogP contribution is -2.28. The van der Waals surface area contributed by atoms with E-state index >= 15 is 0 Å². The van der Waals surface area contributed by atoms with Crippen molar-refractivity contribution >= 4 is 26.6 Å². The molecule has 1 saturated heterocycles. The number of H-pyrrole nitrogens is 1. The number of aromatic nitrogens is 4. The first-order valence-electron chi connectivity index (χ1n) is 11.4. The number of rotatable bonds is 6. The number of likely N-dealkylation sites (tertiary alicyclic amines) is 1. The molecule has 0 radical (unpaired) electrons. The van der Waals surface area contributed by atoms with Crippen molar-refractivity contribution in [1.82, 2.24) is 24.8 Å². The number of sulfone groups is 1. The van der Waals surface area contributed by atoms with Gasteiger partial charge in [0.05, 0.1) is 42.6 Å². The Balaban J connectivity index is 1.58. The number of aromatic amines is 1. The second-order valence-corrected chi connectivity index (χ2v) is 10.8. The number of nitrogens with one attached hydrogen (secondary N) is 1. The number of ether oxygens (including phenoxy) is 1. The van der Waals surface area contributed by atoms with Crippen LogP contribution in [0, 0.1) is 0 Å². The summed E-state index contributed by atoms with van der Waals surface area (Å²) in [7, 11) is -3.43. The van der Waals surface area contributed by atoms with E-state index in [-0.39, 0.29) is 23.6 Å². The van der Waals surface area contributed by atoms with Crippen LogP contribution in [0.5, 0.6) is 11.5 Å². The average molecular weight is 508 g/mol. The summed E-state index contributed by atoms with van der Waals surface area (Å²) in [5, 5.41) is 10.1. The number of amides is 1. The molecule has 1 aliphatic heterocycles. The molecule has 4 heterocycles. The molecule has 1 amide bonds. The van der Waals surface area contributed by atoms with Crippen LogP contribution in [0.1, 0.15) is 37.1 Å². The Hall–Kier alpha value is -3.83. The topological polar surface area (TPSA) is 138 Å². The number of hydrogen-bond acceptors (Lipinski definition) is 8. The van der Waals surface area contributed by atoms with Crippen molar-refractivity contribution in [2.24, 2.45) is 0 Å². The van der Waals surface area contributed by atoms with Crippen LogP contribution >= 0.6 is 0 Å². The van der Waals surface area contributed by atoms with Gasteiger partial charge in [-0.25, -0.2) is 13.4 Å². The van der Waals surface area contributed by atoms with Crippen LogP contribution in [0.2, 0.25) is 0 Å². The minimum Gasteiger partial charge on any atom is -0.455 e. The largest absolute Gasteiger partial charge is 0.455 e. The molecule has 4 aromatic rings. The maximum Gasteiger partial charge on any atom is 0.219 e. The van der Waals surface area contributed by atoms with Gasteiger partial charge in [-0.05, 0) is 43.2 Å². The van der Waals surface area contributed by atoms with Gasteiger partial charge in [0.1, 0.15) is 17.2 Å². The molecule has 10 nitrogen and oxygen atoms in total. The highest BCUT2D eigenvalue weighted by Crippen LogP contribution is 2.41. The molecule has 3 aromatic heterocycles. The van der Waals surface area contributed by atoms with Gasteiger partial charge in [-0.3, -0.25) is 14.8 Å². The predicted octanol–water partition coefficient (Wildman–Crippen LogP) is 3.39. The Labute approximate surface area is 207 Å². The lowest BCUT2D eigenvalue weighted by molar-refractivity contribution is -0.129. The molecule has 0 spiro atoms. The van der Waals surface area contributed by atoms with Crippen LogP contribution < -0.4 is 4.74 Å². The number of benzene rings is 1. The van der Waals surface area contributed by atoms with Crippen molar-refractivity contribution < 1.29 is 23.1 Å². The normalized spacial score (nSPS) is 16.0. The number of aliphatic hydroxyl groups is 1. The summed E-state index contributed by atoms with van der Waals surface area (Å²) in [5.74, 6) is 0.938. The quantitative estimate of drug-likeness (QED) is 0.405. The molecular weight excluding hydrogens is 482 g/mol. The van der Waals surface area contributed by atoms with Crippen molar-refractivity contribution in [2.75, 3.05) is 12.8 Å². The second kappa shape index (κ2) is 9.32. The molecule has 5 rings (SSSR count). The smallest absolute Gasteiger partial charge is 0.219 e. The first-order valence-corrected chi connectivity index (χ1v) is 13.3. The van der Waals surface area contributed by atoms with Crippen LogP contribution in [0.25, 0.3) is 22.3 Å². The van der Waals surface area contributed by atoms with Crippen molar-refractivity contribution in [3.8, 4) is 22.9 Å². The second-order valence-electron chi connectivity index (χ2n) is 8.79. The first kappa shape index (κ1) is 23.9. The van der Waals surface area contributed by atoms with E-state index < -0.39 is 9.84 Å². The van der Waals surface area contributed by atoms with Gasteiger partial charge in [-0.2, -0.15) is 0 Å². The summed E-state index contributed by atoms with van der Waals surface area (Å²) in [6.45, 7) is 2.05. The number of fused-ring (bicyclic) bond motifs is 1. The molecule has 1 fully saturated rings. The molecule has 1 atom stereocenters. The molecule has 36 heavy (non-hydrogen) atoms. The minimum absolute atomic E-state index is 0.00542. The molecule has 0 saturated carbocycles. The fourth-order valence-electron chi connectivity index (χ4n) is 4.48. The summed E-state index contributed by atoms with van der Waals surface area (Å²) in [6.07, 6.45) is 7.28. The van der Waals surface area contributed by atoms with Crippen LogP contribution in [0.15, 0.2) is 53.9 Å². The maximum atomic E-state index is 12.3. The predicted molar refractivity (Wildman–Crippen MR) is 132 cm³/mol. The summed E-state index contributed by atoms with van der Waals surface area (Å²) in [5.41, 5.74) is 3.55. The summed E-state index contributed by atoms with van der Waals surface area (Å²) in [4.78, 5) is 30.1. The number of hydrogen-bond donors (Lipinski definition) is 2. The fourth-order valence-corrected chi connectivity index (χ4v) is 5.04. The van der Waals surface area contributed by atoms with Gasteiger partial charge >= 0.3 is 0 Å². The maximum absolute atomic E-state index is 12.3. The monoisotopic (exact) mass is 507 g/mol. The summed E-state index contributed by atoms with van der Waals surface area (Å²) >= 11 is 0. The third-order valence-electron chi connectivity index (χ3n) is 6.23. The highest BCUT2D eigenvalue weighted by molar-refractivity contribution is 7.90. The van der Waals surface area contributed by atoms with E-state index in [9.17, 15) is 18.3 Å². The molecule has 0 aliphatic carbocycles. The lowest BCUT2D eigenvalue weighted by Gasteiger charge is -2.25. The lowest BCUT2D eigenvalue weighted by atomic mass is 10.0. The zero-order valence-electron chi connectivity index (χ0n) is 19.8.